The zero-order valence-corrected chi connectivity index (χ0v) is 17.3. The number of amides is 1. The maximum atomic E-state index is 13.4. The minimum atomic E-state index is 0.0484. The Hall–Kier alpha value is -3.28. The number of aromatic nitrogens is 3. The van der Waals surface area contributed by atoms with Crippen LogP contribution < -0.4 is 4.90 Å². The second kappa shape index (κ2) is 7.52. The predicted molar refractivity (Wildman–Crippen MR) is 115 cm³/mol. The van der Waals surface area contributed by atoms with Crippen LogP contribution in [0.25, 0.3) is 0 Å². The van der Waals surface area contributed by atoms with Gasteiger partial charge in [0.25, 0.3) is 5.91 Å². The van der Waals surface area contributed by atoms with Crippen molar-refractivity contribution in [2.75, 3.05) is 24.5 Å². The molecule has 0 unspecified atom stereocenters. The van der Waals surface area contributed by atoms with E-state index in [-0.39, 0.29) is 11.9 Å². The van der Waals surface area contributed by atoms with Crippen LogP contribution in [0, 0.1) is 25.7 Å². The van der Waals surface area contributed by atoms with E-state index in [1.165, 1.54) is 11.1 Å². The Balaban J connectivity index is 1.48. The van der Waals surface area contributed by atoms with Crippen molar-refractivity contribution in [1.29, 1.82) is 0 Å². The van der Waals surface area contributed by atoms with Gasteiger partial charge in [-0.3, -0.25) is 9.78 Å². The van der Waals surface area contributed by atoms with Gasteiger partial charge in [-0.05, 0) is 49.2 Å². The van der Waals surface area contributed by atoms with Crippen molar-refractivity contribution in [1.82, 2.24) is 20.1 Å². The molecule has 6 heteroatoms. The van der Waals surface area contributed by atoms with Crippen molar-refractivity contribution in [3.8, 4) is 0 Å². The largest absolute Gasteiger partial charge is 0.354 e. The molecule has 4 heterocycles. The Kier molecular flexibility index (Phi) is 4.69. The fourth-order valence-electron chi connectivity index (χ4n) is 4.97. The minimum absolute atomic E-state index is 0.0484. The first-order chi connectivity index (χ1) is 14.6. The van der Waals surface area contributed by atoms with E-state index in [1.54, 1.807) is 12.4 Å². The summed E-state index contributed by atoms with van der Waals surface area (Å²) < 4.78 is 0. The van der Waals surface area contributed by atoms with Crippen molar-refractivity contribution in [2.24, 2.45) is 11.8 Å². The molecule has 0 aliphatic carbocycles. The van der Waals surface area contributed by atoms with E-state index in [0.717, 1.165) is 31.1 Å². The topological polar surface area (TPSA) is 62.2 Å². The fourth-order valence-corrected chi connectivity index (χ4v) is 4.97. The molecule has 1 aromatic carbocycles. The van der Waals surface area contributed by atoms with Crippen LogP contribution in [-0.2, 0) is 0 Å². The standard InChI is InChI=1S/C24H25N5O/c1-16-6-3-4-8-20(16)23-21-15-28(22-10-9-17(2)26-27-22)13-19(21)14-29(23)24(30)18-7-5-11-25-12-18/h3-12,19,21,23H,13-15H2,1-2H3/t19-,21-,23+/m0/s1. The molecule has 2 saturated heterocycles. The lowest BCUT2D eigenvalue weighted by molar-refractivity contribution is 0.0715. The molecule has 0 spiro atoms. The molecule has 152 valence electrons. The van der Waals surface area contributed by atoms with Crippen LogP contribution in [0.15, 0.2) is 60.9 Å². The number of benzene rings is 1. The van der Waals surface area contributed by atoms with Gasteiger partial charge in [0.15, 0.2) is 5.82 Å². The number of hydrogen-bond acceptors (Lipinski definition) is 5. The number of aryl methyl sites for hydroxylation is 2. The van der Waals surface area contributed by atoms with Crippen LogP contribution in [0.1, 0.15) is 33.2 Å². The number of nitrogens with zero attached hydrogens (tertiary/aromatic N) is 5. The zero-order valence-electron chi connectivity index (χ0n) is 17.3. The minimum Gasteiger partial charge on any atom is -0.354 e. The molecular formula is C24H25N5O. The number of carbonyl (C=O) groups excluding carboxylic acids is 1. The maximum Gasteiger partial charge on any atom is 0.255 e. The highest BCUT2D eigenvalue weighted by Gasteiger charge is 2.49. The van der Waals surface area contributed by atoms with Crippen molar-refractivity contribution < 1.29 is 4.79 Å². The molecule has 2 aliphatic heterocycles. The van der Waals surface area contributed by atoms with Crippen LogP contribution >= 0.6 is 0 Å². The lowest BCUT2D eigenvalue weighted by Gasteiger charge is -2.31. The van der Waals surface area contributed by atoms with Gasteiger partial charge in [0.05, 0.1) is 17.3 Å². The van der Waals surface area contributed by atoms with E-state index in [1.807, 2.05) is 31.2 Å². The Labute approximate surface area is 176 Å². The molecule has 2 aliphatic rings. The lowest BCUT2D eigenvalue weighted by Crippen LogP contribution is -2.36. The van der Waals surface area contributed by atoms with E-state index in [2.05, 4.69) is 56.2 Å². The highest BCUT2D eigenvalue weighted by molar-refractivity contribution is 5.94. The van der Waals surface area contributed by atoms with Gasteiger partial charge in [-0.2, -0.15) is 5.10 Å². The number of fused-ring (bicyclic) bond motifs is 1. The third-order valence-corrected chi connectivity index (χ3v) is 6.45. The number of anilines is 1. The molecule has 1 amide bonds. The monoisotopic (exact) mass is 399 g/mol. The summed E-state index contributed by atoms with van der Waals surface area (Å²) >= 11 is 0. The Morgan fingerprint density at radius 3 is 2.57 bits per heavy atom. The van der Waals surface area contributed by atoms with E-state index in [9.17, 15) is 4.79 Å². The van der Waals surface area contributed by atoms with Gasteiger partial charge < -0.3 is 9.80 Å². The highest BCUT2D eigenvalue weighted by atomic mass is 16.2. The Morgan fingerprint density at radius 1 is 0.967 bits per heavy atom. The predicted octanol–water partition coefficient (Wildman–Crippen LogP) is 3.44. The molecule has 3 aromatic rings. The molecule has 30 heavy (non-hydrogen) atoms. The van der Waals surface area contributed by atoms with Gasteiger partial charge >= 0.3 is 0 Å². The summed E-state index contributed by atoms with van der Waals surface area (Å²) in [6, 6.07) is 16.2. The van der Waals surface area contributed by atoms with Crippen LogP contribution in [0.3, 0.4) is 0 Å². The van der Waals surface area contributed by atoms with Crippen LogP contribution in [-0.4, -0.2) is 45.6 Å². The Bertz CT molecular complexity index is 1050. The third-order valence-electron chi connectivity index (χ3n) is 6.45. The highest BCUT2D eigenvalue weighted by Crippen LogP contribution is 2.46. The average Bonchev–Trinajstić information content (AvgIpc) is 3.33. The first-order valence-electron chi connectivity index (χ1n) is 10.4. The van der Waals surface area contributed by atoms with Gasteiger partial charge in [0.2, 0.25) is 0 Å². The SMILES string of the molecule is Cc1ccc(N2C[C@H]3CN(C(=O)c4cccnc4)[C@H](c4ccccc4C)[C@H]3C2)nn1. The second-order valence-electron chi connectivity index (χ2n) is 8.36. The number of likely N-dealkylation sites (tertiary alicyclic amines) is 1. The molecule has 5 rings (SSSR count). The smallest absolute Gasteiger partial charge is 0.255 e. The molecule has 0 N–H and O–H groups in total. The fraction of sp³-hybridized carbons (Fsp3) is 0.333. The van der Waals surface area contributed by atoms with Crippen molar-refractivity contribution in [3.05, 3.63) is 83.3 Å². The van der Waals surface area contributed by atoms with Gasteiger partial charge in [0, 0.05) is 43.9 Å². The van der Waals surface area contributed by atoms with Crippen LogP contribution in [0.2, 0.25) is 0 Å². The molecular weight excluding hydrogens is 374 g/mol. The van der Waals surface area contributed by atoms with E-state index >= 15 is 0 Å². The number of pyridine rings is 1. The summed E-state index contributed by atoms with van der Waals surface area (Å²) in [5.41, 5.74) is 4.03. The number of carbonyl (C=O) groups is 1. The van der Waals surface area contributed by atoms with Gasteiger partial charge in [-0.25, -0.2) is 0 Å². The Morgan fingerprint density at radius 2 is 1.83 bits per heavy atom. The number of hydrogen-bond donors (Lipinski definition) is 0. The van der Waals surface area contributed by atoms with Crippen LogP contribution in [0.4, 0.5) is 5.82 Å². The van der Waals surface area contributed by atoms with E-state index < -0.39 is 0 Å². The molecule has 0 radical (unpaired) electrons. The molecule has 0 bridgehead atoms. The van der Waals surface area contributed by atoms with E-state index in [4.69, 9.17) is 0 Å². The van der Waals surface area contributed by atoms with Crippen molar-refractivity contribution in [3.63, 3.8) is 0 Å². The molecule has 2 aromatic heterocycles. The summed E-state index contributed by atoms with van der Waals surface area (Å²) in [6.45, 7) is 6.59. The normalized spacial score (nSPS) is 22.9. The zero-order chi connectivity index (χ0) is 20.7. The molecule has 0 saturated carbocycles. The summed E-state index contributed by atoms with van der Waals surface area (Å²) in [7, 11) is 0. The maximum absolute atomic E-state index is 13.4. The van der Waals surface area contributed by atoms with Crippen molar-refractivity contribution in [2.45, 2.75) is 19.9 Å². The van der Waals surface area contributed by atoms with Crippen LogP contribution in [0.5, 0.6) is 0 Å². The lowest BCUT2D eigenvalue weighted by atomic mass is 9.87. The van der Waals surface area contributed by atoms with Crippen molar-refractivity contribution >= 4 is 11.7 Å². The molecule has 6 nitrogen and oxygen atoms in total. The second-order valence-corrected chi connectivity index (χ2v) is 8.36. The van der Waals surface area contributed by atoms with Gasteiger partial charge in [-0.15, -0.1) is 5.10 Å². The first-order valence-corrected chi connectivity index (χ1v) is 10.4. The van der Waals surface area contributed by atoms with Gasteiger partial charge in [0.1, 0.15) is 0 Å². The summed E-state index contributed by atoms with van der Waals surface area (Å²) in [6.07, 6.45) is 3.37. The number of rotatable bonds is 3. The molecule has 2 fully saturated rings. The quantitative estimate of drug-likeness (QED) is 0.675. The summed E-state index contributed by atoms with van der Waals surface area (Å²) in [4.78, 5) is 21.9. The van der Waals surface area contributed by atoms with Gasteiger partial charge in [-0.1, -0.05) is 24.3 Å². The first kappa shape index (κ1) is 18.7. The van der Waals surface area contributed by atoms with E-state index in [0.29, 0.717) is 17.4 Å². The summed E-state index contributed by atoms with van der Waals surface area (Å²) in [5.74, 6) is 1.74. The average molecular weight is 399 g/mol. The summed E-state index contributed by atoms with van der Waals surface area (Å²) in [5, 5.41) is 8.62. The third kappa shape index (κ3) is 3.22. The molecule has 3 atom stereocenters.